The van der Waals surface area contributed by atoms with Crippen molar-refractivity contribution in [1.82, 2.24) is 0 Å². The average molecular weight is 281 g/mol. The Morgan fingerprint density at radius 2 is 2.05 bits per heavy atom. The molecule has 1 aromatic rings. The van der Waals surface area contributed by atoms with Crippen molar-refractivity contribution in [3.05, 3.63) is 35.9 Å². The molecule has 0 aromatic heterocycles. The molecule has 19 heavy (non-hydrogen) atoms. The molecule has 1 unspecified atom stereocenters. The molecule has 1 atom stereocenters. The summed E-state index contributed by atoms with van der Waals surface area (Å²) >= 11 is 1.86. The molecule has 0 amide bonds. The summed E-state index contributed by atoms with van der Waals surface area (Å²) in [5, 5.41) is 0. The topological polar surface area (TPSA) is 52.3 Å². The molecule has 3 nitrogen and oxygen atoms in total. The Kier molecular flexibility index (Phi) is 6.95. The van der Waals surface area contributed by atoms with E-state index in [4.69, 9.17) is 10.5 Å². The molecule has 2 N–H and O–H groups in total. The fourth-order valence-electron chi connectivity index (χ4n) is 1.70. The Morgan fingerprint density at radius 1 is 1.37 bits per heavy atom. The number of carbonyl (C=O) groups is 1. The minimum atomic E-state index is -0.858. The predicted molar refractivity (Wildman–Crippen MR) is 81.1 cm³/mol. The van der Waals surface area contributed by atoms with E-state index in [0.29, 0.717) is 13.0 Å². The molecule has 1 aromatic carbocycles. The van der Waals surface area contributed by atoms with Crippen LogP contribution in [0.2, 0.25) is 0 Å². The first kappa shape index (κ1) is 16.1. The Balaban J connectivity index is 2.18. The highest BCUT2D eigenvalue weighted by atomic mass is 32.2. The maximum absolute atomic E-state index is 11.6. The number of carbonyl (C=O) groups excluding carboxylic acids is 1. The molecule has 0 aliphatic carbocycles. The van der Waals surface area contributed by atoms with E-state index in [1.807, 2.05) is 30.0 Å². The van der Waals surface area contributed by atoms with E-state index < -0.39 is 5.54 Å². The van der Waals surface area contributed by atoms with Gasteiger partial charge in [0.1, 0.15) is 5.54 Å². The zero-order chi connectivity index (χ0) is 14.1. The maximum Gasteiger partial charge on any atom is 0.325 e. The van der Waals surface area contributed by atoms with Crippen molar-refractivity contribution in [1.29, 1.82) is 0 Å². The summed E-state index contributed by atoms with van der Waals surface area (Å²) < 4.78 is 4.96. The van der Waals surface area contributed by atoms with Gasteiger partial charge in [0.15, 0.2) is 0 Å². The third-order valence-corrected chi connectivity index (χ3v) is 3.95. The van der Waals surface area contributed by atoms with Gasteiger partial charge in [0, 0.05) is 5.75 Å². The van der Waals surface area contributed by atoms with E-state index in [2.05, 4.69) is 12.1 Å². The Morgan fingerprint density at radius 3 is 2.68 bits per heavy atom. The van der Waals surface area contributed by atoms with Gasteiger partial charge in [-0.25, -0.2) is 0 Å². The van der Waals surface area contributed by atoms with E-state index >= 15 is 0 Å². The van der Waals surface area contributed by atoms with Crippen molar-refractivity contribution in [2.75, 3.05) is 12.4 Å². The smallest absolute Gasteiger partial charge is 0.325 e. The number of ether oxygens (including phenoxy) is 1. The van der Waals surface area contributed by atoms with Crippen LogP contribution in [0.1, 0.15) is 32.3 Å². The van der Waals surface area contributed by atoms with Gasteiger partial charge < -0.3 is 10.5 Å². The van der Waals surface area contributed by atoms with Crippen LogP contribution in [0, 0.1) is 0 Å². The SMILES string of the molecule is CCOC(=O)C(C)(N)CCCSCc1ccccc1. The second-order valence-electron chi connectivity index (χ2n) is 4.78. The lowest BCUT2D eigenvalue weighted by Crippen LogP contribution is -2.46. The monoisotopic (exact) mass is 281 g/mol. The van der Waals surface area contributed by atoms with Crippen LogP contribution in [0.3, 0.4) is 0 Å². The van der Waals surface area contributed by atoms with E-state index in [9.17, 15) is 4.79 Å². The molecular formula is C15H23NO2S. The van der Waals surface area contributed by atoms with E-state index in [1.165, 1.54) is 5.56 Å². The lowest BCUT2D eigenvalue weighted by Gasteiger charge is -2.21. The van der Waals surface area contributed by atoms with Crippen LogP contribution in [0.4, 0.5) is 0 Å². The van der Waals surface area contributed by atoms with Crippen molar-refractivity contribution in [3.63, 3.8) is 0 Å². The lowest BCUT2D eigenvalue weighted by molar-refractivity contribution is -0.149. The minimum Gasteiger partial charge on any atom is -0.465 e. The fourth-order valence-corrected chi connectivity index (χ4v) is 2.62. The molecule has 106 valence electrons. The van der Waals surface area contributed by atoms with Crippen molar-refractivity contribution in [2.24, 2.45) is 5.73 Å². The Hall–Kier alpha value is -1.00. The molecule has 0 aliphatic rings. The van der Waals surface area contributed by atoms with E-state index in [-0.39, 0.29) is 5.97 Å². The van der Waals surface area contributed by atoms with Gasteiger partial charge in [0.2, 0.25) is 0 Å². The second-order valence-corrected chi connectivity index (χ2v) is 5.88. The molecule has 0 radical (unpaired) electrons. The molecule has 0 aliphatic heterocycles. The molecule has 0 fully saturated rings. The summed E-state index contributed by atoms with van der Waals surface area (Å²) in [4.78, 5) is 11.6. The van der Waals surface area contributed by atoms with Gasteiger partial charge in [-0.3, -0.25) is 4.79 Å². The van der Waals surface area contributed by atoms with Crippen molar-refractivity contribution in [3.8, 4) is 0 Å². The predicted octanol–water partition coefficient (Wildman–Crippen LogP) is 2.98. The van der Waals surface area contributed by atoms with E-state index in [0.717, 1.165) is 17.9 Å². The molecule has 0 bridgehead atoms. The fraction of sp³-hybridized carbons (Fsp3) is 0.533. The third kappa shape index (κ3) is 6.12. The van der Waals surface area contributed by atoms with Crippen LogP contribution in [0.15, 0.2) is 30.3 Å². The zero-order valence-corrected chi connectivity index (χ0v) is 12.5. The standard InChI is InChI=1S/C15H23NO2S/c1-3-18-14(17)15(2,16)10-7-11-19-12-13-8-5-4-6-9-13/h4-6,8-9H,3,7,10-12,16H2,1-2H3. The van der Waals surface area contributed by atoms with Gasteiger partial charge in [-0.1, -0.05) is 30.3 Å². The number of rotatable bonds is 8. The molecule has 0 spiro atoms. The summed E-state index contributed by atoms with van der Waals surface area (Å²) in [5.41, 5.74) is 6.43. The van der Waals surface area contributed by atoms with Crippen LogP contribution < -0.4 is 5.73 Å². The van der Waals surface area contributed by atoms with Crippen LogP contribution in [-0.2, 0) is 15.3 Å². The van der Waals surface area contributed by atoms with Gasteiger partial charge in [-0.2, -0.15) is 11.8 Å². The molecule has 0 saturated carbocycles. The normalized spacial score (nSPS) is 13.8. The van der Waals surface area contributed by atoms with Gasteiger partial charge in [0.25, 0.3) is 0 Å². The number of thioether (sulfide) groups is 1. The van der Waals surface area contributed by atoms with Gasteiger partial charge in [-0.15, -0.1) is 0 Å². The lowest BCUT2D eigenvalue weighted by atomic mass is 9.98. The number of benzene rings is 1. The molecule has 0 saturated heterocycles. The molecule has 0 heterocycles. The number of hydrogen-bond donors (Lipinski definition) is 1. The van der Waals surface area contributed by atoms with Crippen LogP contribution >= 0.6 is 11.8 Å². The summed E-state index contributed by atoms with van der Waals surface area (Å²) in [7, 11) is 0. The first-order valence-electron chi connectivity index (χ1n) is 6.64. The second kappa shape index (κ2) is 8.23. The van der Waals surface area contributed by atoms with Crippen molar-refractivity contribution in [2.45, 2.75) is 38.0 Å². The summed E-state index contributed by atoms with van der Waals surface area (Å²) in [5.74, 6) is 1.70. The summed E-state index contributed by atoms with van der Waals surface area (Å²) in [6, 6.07) is 10.4. The summed E-state index contributed by atoms with van der Waals surface area (Å²) in [6.07, 6.45) is 1.58. The van der Waals surface area contributed by atoms with Crippen molar-refractivity contribution >= 4 is 17.7 Å². The quantitative estimate of drug-likeness (QED) is 0.588. The number of nitrogens with two attached hydrogens (primary N) is 1. The third-order valence-electron chi connectivity index (χ3n) is 2.84. The van der Waals surface area contributed by atoms with Crippen molar-refractivity contribution < 1.29 is 9.53 Å². The van der Waals surface area contributed by atoms with Crippen LogP contribution in [-0.4, -0.2) is 23.9 Å². The first-order chi connectivity index (χ1) is 9.06. The Labute approximate surface area is 119 Å². The first-order valence-corrected chi connectivity index (χ1v) is 7.79. The summed E-state index contributed by atoms with van der Waals surface area (Å²) in [6.45, 7) is 3.92. The van der Waals surface area contributed by atoms with Gasteiger partial charge >= 0.3 is 5.97 Å². The molecular weight excluding hydrogens is 258 g/mol. The minimum absolute atomic E-state index is 0.303. The zero-order valence-electron chi connectivity index (χ0n) is 11.7. The highest BCUT2D eigenvalue weighted by Gasteiger charge is 2.28. The van der Waals surface area contributed by atoms with Gasteiger partial charge in [0.05, 0.1) is 6.61 Å². The van der Waals surface area contributed by atoms with E-state index in [1.54, 1.807) is 13.8 Å². The average Bonchev–Trinajstić information content (AvgIpc) is 2.39. The molecule has 4 heteroatoms. The number of esters is 1. The van der Waals surface area contributed by atoms with Crippen LogP contribution in [0.5, 0.6) is 0 Å². The largest absolute Gasteiger partial charge is 0.465 e. The molecule has 1 rings (SSSR count). The number of hydrogen-bond acceptors (Lipinski definition) is 4. The highest BCUT2D eigenvalue weighted by molar-refractivity contribution is 7.98. The maximum atomic E-state index is 11.6. The van der Waals surface area contributed by atoms with Gasteiger partial charge in [-0.05, 0) is 38.0 Å². The van der Waals surface area contributed by atoms with Crippen LogP contribution in [0.25, 0.3) is 0 Å². The highest BCUT2D eigenvalue weighted by Crippen LogP contribution is 2.17. The Bertz CT molecular complexity index is 379.